The van der Waals surface area contributed by atoms with E-state index >= 15 is 0 Å². The summed E-state index contributed by atoms with van der Waals surface area (Å²) in [5, 5.41) is 0. The molecule has 1 aliphatic heterocycles. The highest BCUT2D eigenvalue weighted by Crippen LogP contribution is 2.34. The van der Waals surface area contributed by atoms with Gasteiger partial charge in [-0.25, -0.2) is 4.79 Å². The largest absolute Gasteiger partial charge is 0.423 e. The molecule has 0 amide bonds. The minimum absolute atomic E-state index is 0.132. The van der Waals surface area contributed by atoms with Gasteiger partial charge in [-0.15, -0.1) is 0 Å². The summed E-state index contributed by atoms with van der Waals surface area (Å²) in [5.74, 6) is 0.102. The molecule has 0 spiro atoms. The highest BCUT2D eigenvalue weighted by molar-refractivity contribution is 5.96. The van der Waals surface area contributed by atoms with Gasteiger partial charge in [0.25, 0.3) is 0 Å². The quantitative estimate of drug-likeness (QED) is 0.605. The fourth-order valence-electron chi connectivity index (χ4n) is 2.29. The number of carbonyl (C=O) groups is 1. The molecule has 0 radical (unpaired) electrons. The second kappa shape index (κ2) is 5.17. The molecule has 0 fully saturated rings. The zero-order valence-electron chi connectivity index (χ0n) is 11.0. The van der Waals surface area contributed by atoms with Gasteiger partial charge in [0, 0.05) is 17.1 Å². The lowest BCUT2D eigenvalue weighted by Gasteiger charge is -2.23. The van der Waals surface area contributed by atoms with Gasteiger partial charge >= 0.3 is 5.97 Å². The second-order valence-electron chi connectivity index (χ2n) is 4.70. The summed E-state index contributed by atoms with van der Waals surface area (Å²) in [6.45, 7) is 3.86. The molecule has 0 aromatic heterocycles. The Morgan fingerprint density at radius 3 is 2.15 bits per heavy atom. The van der Waals surface area contributed by atoms with Crippen LogP contribution in [0.3, 0.4) is 0 Å². The normalized spacial score (nSPS) is 18.4. The van der Waals surface area contributed by atoms with Crippen LogP contribution in [0.2, 0.25) is 0 Å². The number of rotatable bonds is 2. The summed E-state index contributed by atoms with van der Waals surface area (Å²) in [6.07, 6.45) is 1.95. The minimum Gasteiger partial charge on any atom is -0.423 e. The first-order valence-electron chi connectivity index (χ1n) is 6.49. The molecule has 3 rings (SSSR count). The summed E-state index contributed by atoms with van der Waals surface area (Å²) >= 11 is 0. The van der Waals surface area contributed by atoms with Crippen molar-refractivity contribution in [1.82, 2.24) is 0 Å². The molecule has 2 nitrogen and oxygen atoms in total. The summed E-state index contributed by atoms with van der Waals surface area (Å²) in [5.41, 5.74) is 2.41. The van der Waals surface area contributed by atoms with Crippen molar-refractivity contribution >= 4 is 11.7 Å². The zero-order chi connectivity index (χ0) is 13.9. The second-order valence-corrected chi connectivity index (χ2v) is 4.70. The molecule has 20 heavy (non-hydrogen) atoms. The van der Waals surface area contributed by atoms with Gasteiger partial charge in [0.1, 0.15) is 5.76 Å². The highest BCUT2D eigenvalue weighted by Gasteiger charge is 2.27. The Morgan fingerprint density at radius 1 is 0.900 bits per heavy atom. The van der Waals surface area contributed by atoms with E-state index in [2.05, 4.69) is 6.58 Å². The van der Waals surface area contributed by atoms with Crippen LogP contribution in [0, 0.1) is 0 Å². The number of esters is 1. The van der Waals surface area contributed by atoms with Gasteiger partial charge in [-0.3, -0.25) is 0 Å². The van der Waals surface area contributed by atoms with Crippen LogP contribution < -0.4 is 0 Å². The first-order chi connectivity index (χ1) is 9.75. The van der Waals surface area contributed by atoms with E-state index in [0.29, 0.717) is 11.3 Å². The van der Waals surface area contributed by atoms with Crippen molar-refractivity contribution in [3.63, 3.8) is 0 Å². The molecule has 2 aromatic rings. The average molecular weight is 262 g/mol. The van der Waals surface area contributed by atoms with Crippen molar-refractivity contribution in [3.8, 4) is 0 Å². The lowest BCUT2D eigenvalue weighted by molar-refractivity contribution is -0.133. The monoisotopic (exact) mass is 262 g/mol. The van der Waals surface area contributed by atoms with Crippen molar-refractivity contribution < 1.29 is 9.53 Å². The van der Waals surface area contributed by atoms with Gasteiger partial charge in [-0.2, -0.15) is 0 Å². The van der Waals surface area contributed by atoms with Crippen molar-refractivity contribution in [2.45, 2.75) is 5.92 Å². The smallest absolute Gasteiger partial charge is 0.339 e. The summed E-state index contributed by atoms with van der Waals surface area (Å²) < 4.78 is 5.36. The van der Waals surface area contributed by atoms with E-state index in [9.17, 15) is 4.79 Å². The van der Waals surface area contributed by atoms with E-state index in [0.717, 1.165) is 11.1 Å². The number of ether oxygens (including phenoxy) is 1. The van der Waals surface area contributed by atoms with Gasteiger partial charge in [0.2, 0.25) is 0 Å². The SMILES string of the molecule is C=C1C(=O)OC(c2ccccc2)=CC1c1ccccc1. The maximum atomic E-state index is 12.0. The molecule has 0 saturated heterocycles. The Balaban J connectivity index is 2.05. The van der Waals surface area contributed by atoms with Gasteiger partial charge in [-0.1, -0.05) is 67.2 Å². The minimum atomic E-state index is -0.361. The van der Waals surface area contributed by atoms with Gasteiger partial charge in [0.15, 0.2) is 0 Å². The number of carbonyl (C=O) groups excluding carboxylic acids is 1. The number of benzene rings is 2. The van der Waals surface area contributed by atoms with Crippen molar-refractivity contribution in [3.05, 3.63) is 90.0 Å². The van der Waals surface area contributed by atoms with Crippen molar-refractivity contribution in [2.75, 3.05) is 0 Å². The van der Waals surface area contributed by atoms with E-state index in [1.807, 2.05) is 66.7 Å². The van der Waals surface area contributed by atoms with Gasteiger partial charge in [0.05, 0.1) is 0 Å². The molecule has 2 aromatic carbocycles. The third-order valence-corrected chi connectivity index (χ3v) is 3.38. The molecule has 1 heterocycles. The molecule has 0 bridgehead atoms. The van der Waals surface area contributed by atoms with E-state index in [4.69, 9.17) is 4.74 Å². The fraction of sp³-hybridized carbons (Fsp3) is 0.0556. The molecule has 98 valence electrons. The molecule has 1 unspecified atom stereocenters. The number of allylic oxidation sites excluding steroid dienone is 1. The Bertz CT molecular complexity index is 669. The molecule has 0 aliphatic carbocycles. The van der Waals surface area contributed by atoms with Crippen molar-refractivity contribution in [1.29, 1.82) is 0 Å². The zero-order valence-corrected chi connectivity index (χ0v) is 11.0. The molecular formula is C18H14O2. The standard InChI is InChI=1S/C18H14O2/c1-13-16(14-8-4-2-5-9-14)12-17(20-18(13)19)15-10-6-3-7-11-15/h2-12,16H,1H2. The Labute approximate surface area is 118 Å². The number of hydrogen-bond acceptors (Lipinski definition) is 2. The Morgan fingerprint density at radius 2 is 1.50 bits per heavy atom. The maximum Gasteiger partial charge on any atom is 0.339 e. The lowest BCUT2D eigenvalue weighted by atomic mass is 9.89. The molecule has 1 atom stereocenters. The molecule has 0 N–H and O–H groups in total. The molecule has 0 saturated carbocycles. The van der Waals surface area contributed by atoms with Crippen LogP contribution in [-0.2, 0) is 9.53 Å². The average Bonchev–Trinajstić information content (AvgIpc) is 2.51. The van der Waals surface area contributed by atoms with Gasteiger partial charge in [-0.05, 0) is 11.6 Å². The van der Waals surface area contributed by atoms with Gasteiger partial charge < -0.3 is 4.74 Å². The molecule has 2 heteroatoms. The predicted molar refractivity (Wildman–Crippen MR) is 78.8 cm³/mol. The summed E-state index contributed by atoms with van der Waals surface area (Å²) in [6, 6.07) is 19.5. The summed E-state index contributed by atoms with van der Waals surface area (Å²) in [4.78, 5) is 12.0. The Hall–Kier alpha value is -2.61. The van der Waals surface area contributed by atoms with Crippen LogP contribution in [0.1, 0.15) is 17.0 Å². The van der Waals surface area contributed by atoms with Crippen LogP contribution in [0.25, 0.3) is 5.76 Å². The maximum absolute atomic E-state index is 12.0. The first-order valence-corrected chi connectivity index (χ1v) is 6.49. The number of cyclic esters (lactones) is 1. The third kappa shape index (κ3) is 2.28. The van der Waals surface area contributed by atoms with Crippen LogP contribution in [-0.4, -0.2) is 5.97 Å². The Kier molecular flexibility index (Phi) is 3.21. The van der Waals surface area contributed by atoms with E-state index in [1.54, 1.807) is 0 Å². The van der Waals surface area contributed by atoms with Crippen LogP contribution >= 0.6 is 0 Å². The topological polar surface area (TPSA) is 26.3 Å². The van der Waals surface area contributed by atoms with E-state index < -0.39 is 0 Å². The first kappa shape index (κ1) is 12.4. The van der Waals surface area contributed by atoms with Crippen LogP contribution in [0.4, 0.5) is 0 Å². The fourth-order valence-corrected chi connectivity index (χ4v) is 2.29. The molecular weight excluding hydrogens is 248 g/mol. The predicted octanol–water partition coefficient (Wildman–Crippen LogP) is 3.92. The van der Waals surface area contributed by atoms with E-state index in [-0.39, 0.29) is 11.9 Å². The molecule has 1 aliphatic rings. The van der Waals surface area contributed by atoms with Crippen LogP contribution in [0.15, 0.2) is 78.9 Å². The summed E-state index contributed by atoms with van der Waals surface area (Å²) in [7, 11) is 0. The third-order valence-electron chi connectivity index (χ3n) is 3.38. The van der Waals surface area contributed by atoms with Crippen molar-refractivity contribution in [2.24, 2.45) is 0 Å². The highest BCUT2D eigenvalue weighted by atomic mass is 16.5. The lowest BCUT2D eigenvalue weighted by Crippen LogP contribution is -2.18. The van der Waals surface area contributed by atoms with Crippen LogP contribution in [0.5, 0.6) is 0 Å². The van der Waals surface area contributed by atoms with E-state index in [1.165, 1.54) is 0 Å². The number of hydrogen-bond donors (Lipinski definition) is 0.